The van der Waals surface area contributed by atoms with Crippen LogP contribution in [0.1, 0.15) is 28.2 Å². The average molecular weight is 649 g/mol. The minimum Gasteiger partial charge on any atom is -0.466 e. The van der Waals surface area contributed by atoms with E-state index in [1.807, 2.05) is 168 Å². The molecule has 8 heteroatoms. The average Bonchev–Trinajstić information content (AvgIpc) is 3.85. The summed E-state index contributed by atoms with van der Waals surface area (Å²) in [6, 6.07) is 31.7. The molecule has 0 aliphatic heterocycles. The van der Waals surface area contributed by atoms with Gasteiger partial charge < -0.3 is 27.7 Å². The number of benzene rings is 4. The van der Waals surface area contributed by atoms with Crippen LogP contribution in [0.15, 0.2) is 122 Å². The zero-order chi connectivity index (χ0) is 34.0. The molecule has 8 aromatic rings. The van der Waals surface area contributed by atoms with Crippen molar-refractivity contribution >= 4 is 55.6 Å². The van der Waals surface area contributed by atoms with Crippen LogP contribution in [0.2, 0.25) is 0 Å². The number of aromatic nitrogens is 4. The monoisotopic (exact) mass is 648 g/mol. The first-order chi connectivity index (χ1) is 23.7. The van der Waals surface area contributed by atoms with Crippen molar-refractivity contribution in [2.45, 2.75) is 11.5 Å². The van der Waals surface area contributed by atoms with Crippen LogP contribution in [0.5, 0.6) is 0 Å². The number of fused-ring (bicyclic) bond motifs is 4. The Morgan fingerprint density at radius 3 is 1.29 bits per heavy atom. The fourth-order valence-electron chi connectivity index (χ4n) is 7.74. The highest BCUT2D eigenvalue weighted by Crippen LogP contribution is 2.46. The number of carbonyl (C=O) groups is 2. The maximum Gasteiger partial charge on any atom is 0.360 e. The van der Waals surface area contributed by atoms with Crippen molar-refractivity contribution in [2.24, 2.45) is 28.2 Å². The van der Waals surface area contributed by atoms with E-state index in [0.29, 0.717) is 11.1 Å². The number of esters is 2. The second kappa shape index (κ2) is 11.3. The minimum absolute atomic E-state index is 0.525. The van der Waals surface area contributed by atoms with Gasteiger partial charge in [-0.15, -0.1) is 0 Å². The standard InChI is InChI=1S/C41H36N4O4/c1-42-22-30(26-14-6-10-18-34(26)42)38(31-23-43(2)35-19-11-7-15-27(31)35)39(46)49-41(40(47)48-5,32-24-44(3)36-20-12-8-16-28(32)36)33-25-45(4)37-21-13-9-17-29(33)37/h6-25,38H,1-5H3. The third kappa shape index (κ3) is 4.44. The summed E-state index contributed by atoms with van der Waals surface area (Å²) in [6.45, 7) is 0. The van der Waals surface area contributed by atoms with Crippen molar-refractivity contribution in [3.05, 3.63) is 144 Å². The van der Waals surface area contributed by atoms with Crippen LogP contribution in [0.3, 0.4) is 0 Å². The summed E-state index contributed by atoms with van der Waals surface area (Å²) in [5.41, 5.74) is 4.41. The number of aryl methyl sites for hydroxylation is 4. The number of rotatable bonds is 7. The zero-order valence-corrected chi connectivity index (χ0v) is 28.0. The molecule has 49 heavy (non-hydrogen) atoms. The van der Waals surface area contributed by atoms with Gasteiger partial charge in [-0.1, -0.05) is 72.8 Å². The molecule has 0 spiro atoms. The zero-order valence-electron chi connectivity index (χ0n) is 28.0. The Morgan fingerprint density at radius 1 is 0.531 bits per heavy atom. The number of para-hydroxylation sites is 4. The van der Waals surface area contributed by atoms with Crippen LogP contribution in [-0.4, -0.2) is 37.3 Å². The molecule has 4 heterocycles. The molecule has 0 bridgehead atoms. The molecule has 8 nitrogen and oxygen atoms in total. The van der Waals surface area contributed by atoms with Crippen LogP contribution >= 0.6 is 0 Å². The van der Waals surface area contributed by atoms with Gasteiger partial charge in [0.1, 0.15) is 5.92 Å². The molecule has 0 fully saturated rings. The van der Waals surface area contributed by atoms with Crippen molar-refractivity contribution in [2.75, 3.05) is 7.11 Å². The molecule has 0 amide bonds. The highest BCUT2D eigenvalue weighted by Gasteiger charge is 2.52. The molecule has 0 unspecified atom stereocenters. The lowest BCUT2D eigenvalue weighted by atomic mass is 9.84. The summed E-state index contributed by atoms with van der Waals surface area (Å²) in [5.74, 6) is -2.15. The van der Waals surface area contributed by atoms with Gasteiger partial charge in [0.2, 0.25) is 0 Å². The van der Waals surface area contributed by atoms with Gasteiger partial charge in [-0.2, -0.15) is 0 Å². The second-order valence-electron chi connectivity index (χ2n) is 12.8. The number of nitrogens with zero attached hydrogens (tertiary/aromatic N) is 4. The van der Waals surface area contributed by atoms with E-state index in [1.54, 1.807) is 0 Å². The van der Waals surface area contributed by atoms with Gasteiger partial charge in [0.25, 0.3) is 5.60 Å². The van der Waals surface area contributed by atoms with E-state index in [2.05, 4.69) is 0 Å². The topological polar surface area (TPSA) is 72.3 Å². The normalized spacial score (nSPS) is 12.1. The van der Waals surface area contributed by atoms with Gasteiger partial charge in [-0.3, -0.25) is 4.79 Å². The number of ether oxygens (including phenoxy) is 2. The molecule has 0 saturated heterocycles. The van der Waals surface area contributed by atoms with Gasteiger partial charge in [0.15, 0.2) is 0 Å². The van der Waals surface area contributed by atoms with Crippen LogP contribution in [-0.2, 0) is 52.9 Å². The van der Waals surface area contributed by atoms with E-state index < -0.39 is 23.5 Å². The van der Waals surface area contributed by atoms with Gasteiger partial charge in [-0.25, -0.2) is 4.79 Å². The summed E-state index contributed by atoms with van der Waals surface area (Å²) >= 11 is 0. The third-order valence-corrected chi connectivity index (χ3v) is 9.99. The summed E-state index contributed by atoms with van der Waals surface area (Å²) in [7, 11) is 9.14. The number of hydrogen-bond acceptors (Lipinski definition) is 4. The van der Waals surface area contributed by atoms with Crippen molar-refractivity contribution in [3.8, 4) is 0 Å². The quantitative estimate of drug-likeness (QED) is 0.168. The molecule has 0 aliphatic carbocycles. The van der Waals surface area contributed by atoms with E-state index in [1.165, 1.54) is 7.11 Å². The second-order valence-corrected chi connectivity index (χ2v) is 12.8. The lowest BCUT2D eigenvalue weighted by Crippen LogP contribution is -2.43. The highest BCUT2D eigenvalue weighted by molar-refractivity contribution is 6.03. The Hall–Kier alpha value is -6.02. The van der Waals surface area contributed by atoms with Crippen LogP contribution < -0.4 is 0 Å². The molecule has 4 aromatic carbocycles. The SMILES string of the molecule is COC(=O)C(OC(=O)C(c1cn(C)c2ccccc12)c1cn(C)c2ccccc12)(c1cn(C)c2ccccc12)c1cn(C)c2ccccc12. The minimum atomic E-state index is -1.96. The first-order valence-electron chi connectivity index (χ1n) is 16.2. The molecular formula is C41H36N4O4. The van der Waals surface area contributed by atoms with E-state index in [0.717, 1.165) is 54.7 Å². The smallest absolute Gasteiger partial charge is 0.360 e. The van der Waals surface area contributed by atoms with Gasteiger partial charge in [-0.05, 0) is 35.4 Å². The third-order valence-electron chi connectivity index (χ3n) is 9.99. The van der Waals surface area contributed by atoms with Gasteiger partial charge in [0, 0.05) is 108 Å². The van der Waals surface area contributed by atoms with Crippen molar-refractivity contribution < 1.29 is 19.1 Å². The van der Waals surface area contributed by atoms with Gasteiger partial charge in [0.05, 0.1) is 7.11 Å². The molecule has 4 aromatic heterocycles. The predicted molar refractivity (Wildman–Crippen MR) is 192 cm³/mol. The van der Waals surface area contributed by atoms with Crippen LogP contribution in [0.4, 0.5) is 0 Å². The molecular weight excluding hydrogens is 612 g/mol. The molecule has 0 atom stereocenters. The molecule has 0 saturated carbocycles. The Kier molecular flexibility index (Phi) is 6.99. The molecule has 0 N–H and O–H groups in total. The van der Waals surface area contributed by atoms with Crippen molar-refractivity contribution in [1.29, 1.82) is 0 Å². The van der Waals surface area contributed by atoms with Crippen molar-refractivity contribution in [1.82, 2.24) is 18.3 Å². The number of carbonyl (C=O) groups excluding carboxylic acids is 2. The molecule has 244 valence electrons. The van der Waals surface area contributed by atoms with Crippen LogP contribution in [0, 0.1) is 0 Å². The summed E-state index contributed by atoms with van der Waals surface area (Å²) in [6.07, 6.45) is 7.74. The number of hydrogen-bond donors (Lipinski definition) is 0. The predicted octanol–water partition coefficient (Wildman–Crippen LogP) is 7.45. The largest absolute Gasteiger partial charge is 0.466 e. The Balaban J connectivity index is 1.44. The summed E-state index contributed by atoms with van der Waals surface area (Å²) in [5, 5.41) is 3.42. The van der Waals surface area contributed by atoms with E-state index >= 15 is 4.79 Å². The maximum atomic E-state index is 15.5. The molecule has 8 rings (SSSR count). The van der Waals surface area contributed by atoms with Gasteiger partial charge >= 0.3 is 11.9 Å². The number of methoxy groups -OCH3 is 1. The fraction of sp³-hybridized carbons (Fsp3) is 0.171. The van der Waals surface area contributed by atoms with E-state index in [4.69, 9.17) is 9.47 Å². The molecule has 0 aliphatic rings. The lowest BCUT2D eigenvalue weighted by molar-refractivity contribution is -0.177. The maximum absolute atomic E-state index is 15.5. The lowest BCUT2D eigenvalue weighted by Gasteiger charge is -2.32. The fourth-order valence-corrected chi connectivity index (χ4v) is 7.74. The Morgan fingerprint density at radius 2 is 0.878 bits per heavy atom. The molecule has 0 radical (unpaired) electrons. The first kappa shape index (κ1) is 30.3. The Bertz CT molecular complexity index is 2420. The van der Waals surface area contributed by atoms with E-state index in [-0.39, 0.29) is 0 Å². The van der Waals surface area contributed by atoms with E-state index in [9.17, 15) is 4.79 Å². The summed E-state index contributed by atoms with van der Waals surface area (Å²) < 4.78 is 20.5. The Labute approximate surface area is 283 Å². The van der Waals surface area contributed by atoms with Crippen molar-refractivity contribution in [3.63, 3.8) is 0 Å². The van der Waals surface area contributed by atoms with Crippen LogP contribution in [0.25, 0.3) is 43.6 Å². The highest BCUT2D eigenvalue weighted by atomic mass is 16.6. The first-order valence-corrected chi connectivity index (χ1v) is 16.2. The summed E-state index contributed by atoms with van der Waals surface area (Å²) in [4.78, 5) is 30.1.